The van der Waals surface area contributed by atoms with Crippen LogP contribution in [0.4, 0.5) is 5.82 Å². The number of amides is 1. The molecule has 3 rings (SSSR count). The first-order valence-electron chi connectivity index (χ1n) is 9.74. The highest BCUT2D eigenvalue weighted by atomic mass is 16.5. The molecule has 2 aromatic rings. The molecule has 0 aliphatic heterocycles. The summed E-state index contributed by atoms with van der Waals surface area (Å²) in [6, 6.07) is 8.60. The molecule has 5 N–H and O–H groups in total. The fourth-order valence-corrected chi connectivity index (χ4v) is 3.76. The standard InChI is InChI=1S/C21H26N6O3/c1-27(15-9-7-14(8-10-15)21(29)30-2)20(28)16-11-17(25-26-19(16)24)12-3-5-13(6-4-12)18(22)23/h3-6,11,14-15H,7-10H2,1-2H3,(H3,22,23)(H2,24,26). The third-order valence-corrected chi connectivity index (χ3v) is 5.64. The van der Waals surface area contributed by atoms with Crippen LogP contribution in [0.15, 0.2) is 30.3 Å². The van der Waals surface area contributed by atoms with E-state index in [1.54, 1.807) is 42.3 Å². The van der Waals surface area contributed by atoms with Gasteiger partial charge in [-0.05, 0) is 31.7 Å². The molecule has 1 amide bonds. The first-order valence-corrected chi connectivity index (χ1v) is 9.74. The topological polar surface area (TPSA) is 148 Å². The van der Waals surface area contributed by atoms with Crippen molar-refractivity contribution in [1.82, 2.24) is 15.1 Å². The fourth-order valence-electron chi connectivity index (χ4n) is 3.76. The van der Waals surface area contributed by atoms with Crippen LogP contribution < -0.4 is 11.5 Å². The number of nitrogens with two attached hydrogens (primary N) is 2. The summed E-state index contributed by atoms with van der Waals surface area (Å²) in [5, 5.41) is 15.5. The predicted molar refractivity (Wildman–Crippen MR) is 113 cm³/mol. The van der Waals surface area contributed by atoms with Crippen molar-refractivity contribution in [1.29, 1.82) is 5.41 Å². The van der Waals surface area contributed by atoms with E-state index in [0.29, 0.717) is 24.1 Å². The van der Waals surface area contributed by atoms with E-state index >= 15 is 0 Å². The van der Waals surface area contributed by atoms with Gasteiger partial charge in [-0.1, -0.05) is 24.3 Å². The minimum absolute atomic E-state index is 0.0178. The Morgan fingerprint density at radius 3 is 2.33 bits per heavy atom. The van der Waals surface area contributed by atoms with Gasteiger partial charge in [0, 0.05) is 24.2 Å². The summed E-state index contributed by atoms with van der Waals surface area (Å²) in [4.78, 5) is 26.5. The molecule has 1 aromatic heterocycles. The number of esters is 1. The number of carbonyl (C=O) groups excluding carboxylic acids is 2. The van der Waals surface area contributed by atoms with Gasteiger partial charge in [0.05, 0.1) is 24.3 Å². The molecule has 1 saturated carbocycles. The van der Waals surface area contributed by atoms with Gasteiger partial charge in [-0.15, -0.1) is 10.2 Å². The molecule has 0 saturated heterocycles. The van der Waals surface area contributed by atoms with Crippen LogP contribution in [0.25, 0.3) is 11.3 Å². The van der Waals surface area contributed by atoms with Crippen LogP contribution in [0.1, 0.15) is 41.6 Å². The van der Waals surface area contributed by atoms with E-state index in [4.69, 9.17) is 21.6 Å². The normalized spacial score (nSPS) is 18.5. The van der Waals surface area contributed by atoms with Crippen molar-refractivity contribution in [3.63, 3.8) is 0 Å². The van der Waals surface area contributed by atoms with Crippen LogP contribution in [-0.4, -0.2) is 53.0 Å². The van der Waals surface area contributed by atoms with Crippen molar-refractivity contribution in [3.05, 3.63) is 41.5 Å². The highest BCUT2D eigenvalue weighted by Crippen LogP contribution is 2.29. The number of ether oxygens (including phenoxy) is 1. The van der Waals surface area contributed by atoms with Crippen LogP contribution in [0.3, 0.4) is 0 Å². The summed E-state index contributed by atoms with van der Waals surface area (Å²) in [6.45, 7) is 0. The van der Waals surface area contributed by atoms with Gasteiger partial charge in [-0.3, -0.25) is 15.0 Å². The number of hydrogen-bond acceptors (Lipinski definition) is 7. The molecule has 1 heterocycles. The lowest BCUT2D eigenvalue weighted by Crippen LogP contribution is -2.40. The number of aromatic nitrogens is 2. The summed E-state index contributed by atoms with van der Waals surface area (Å²) in [7, 11) is 3.14. The van der Waals surface area contributed by atoms with Crippen molar-refractivity contribution in [3.8, 4) is 11.3 Å². The van der Waals surface area contributed by atoms with Gasteiger partial charge in [0.1, 0.15) is 5.84 Å². The van der Waals surface area contributed by atoms with Gasteiger partial charge in [-0.25, -0.2) is 0 Å². The molecular formula is C21H26N6O3. The first-order chi connectivity index (χ1) is 14.3. The molecule has 0 bridgehead atoms. The number of methoxy groups -OCH3 is 1. The van der Waals surface area contributed by atoms with E-state index in [2.05, 4.69) is 10.2 Å². The summed E-state index contributed by atoms with van der Waals surface area (Å²) >= 11 is 0. The van der Waals surface area contributed by atoms with Crippen LogP contribution in [-0.2, 0) is 9.53 Å². The Morgan fingerprint density at radius 2 is 1.77 bits per heavy atom. The second-order valence-corrected chi connectivity index (χ2v) is 7.46. The average molecular weight is 410 g/mol. The van der Waals surface area contributed by atoms with Crippen LogP contribution >= 0.6 is 0 Å². The lowest BCUT2D eigenvalue weighted by atomic mass is 9.85. The molecule has 1 fully saturated rings. The van der Waals surface area contributed by atoms with E-state index in [1.165, 1.54) is 7.11 Å². The molecule has 0 radical (unpaired) electrons. The monoisotopic (exact) mass is 410 g/mol. The van der Waals surface area contributed by atoms with Crippen molar-refractivity contribution < 1.29 is 14.3 Å². The summed E-state index contributed by atoms with van der Waals surface area (Å²) in [5.41, 5.74) is 13.6. The van der Waals surface area contributed by atoms with Crippen molar-refractivity contribution in [2.45, 2.75) is 31.7 Å². The zero-order valence-corrected chi connectivity index (χ0v) is 17.1. The lowest BCUT2D eigenvalue weighted by Gasteiger charge is -2.34. The van der Waals surface area contributed by atoms with E-state index in [0.717, 1.165) is 18.4 Å². The molecule has 1 aliphatic rings. The van der Waals surface area contributed by atoms with E-state index in [9.17, 15) is 9.59 Å². The molecule has 0 atom stereocenters. The summed E-state index contributed by atoms with van der Waals surface area (Å²) in [6.07, 6.45) is 2.82. The Bertz CT molecular complexity index is 952. The van der Waals surface area contributed by atoms with Gasteiger partial charge in [-0.2, -0.15) is 0 Å². The second-order valence-electron chi connectivity index (χ2n) is 7.46. The highest BCUT2D eigenvalue weighted by Gasteiger charge is 2.31. The smallest absolute Gasteiger partial charge is 0.308 e. The Balaban J connectivity index is 1.76. The number of anilines is 1. The molecule has 9 heteroatoms. The third-order valence-electron chi connectivity index (χ3n) is 5.64. The molecule has 0 spiro atoms. The zero-order valence-electron chi connectivity index (χ0n) is 17.1. The van der Waals surface area contributed by atoms with Gasteiger partial charge in [0.15, 0.2) is 5.82 Å². The summed E-state index contributed by atoms with van der Waals surface area (Å²) in [5.74, 6) is -0.480. The molecule has 1 aromatic carbocycles. The number of nitrogens with one attached hydrogen (secondary N) is 1. The molecular weight excluding hydrogens is 384 g/mol. The molecule has 0 unspecified atom stereocenters. The van der Waals surface area contributed by atoms with Crippen LogP contribution in [0.2, 0.25) is 0 Å². The Kier molecular flexibility index (Phi) is 6.29. The average Bonchev–Trinajstić information content (AvgIpc) is 2.78. The van der Waals surface area contributed by atoms with Gasteiger partial charge < -0.3 is 21.1 Å². The number of carbonyl (C=O) groups is 2. The van der Waals surface area contributed by atoms with Gasteiger partial charge >= 0.3 is 5.97 Å². The Morgan fingerprint density at radius 1 is 1.13 bits per heavy atom. The highest BCUT2D eigenvalue weighted by molar-refractivity contribution is 5.99. The van der Waals surface area contributed by atoms with Crippen LogP contribution in [0, 0.1) is 11.3 Å². The van der Waals surface area contributed by atoms with Crippen molar-refractivity contribution in [2.75, 3.05) is 19.9 Å². The number of hydrogen-bond donors (Lipinski definition) is 3. The number of nitrogens with zero attached hydrogens (tertiary/aromatic N) is 3. The number of nitrogen functional groups attached to an aromatic ring is 2. The Hall–Kier alpha value is -3.49. The number of benzene rings is 1. The zero-order chi connectivity index (χ0) is 21.8. The quantitative estimate of drug-likeness (QED) is 0.387. The minimum Gasteiger partial charge on any atom is -0.469 e. The molecule has 1 aliphatic carbocycles. The number of amidine groups is 1. The SMILES string of the molecule is COC(=O)C1CCC(N(C)C(=O)c2cc(-c3ccc(C(=N)N)cc3)nnc2N)CC1. The largest absolute Gasteiger partial charge is 0.469 e. The molecule has 9 nitrogen and oxygen atoms in total. The maximum Gasteiger partial charge on any atom is 0.308 e. The van der Waals surface area contributed by atoms with Crippen LogP contribution in [0.5, 0.6) is 0 Å². The first kappa shape index (κ1) is 21.2. The van der Waals surface area contributed by atoms with Crippen molar-refractivity contribution >= 4 is 23.5 Å². The maximum atomic E-state index is 13.1. The second kappa shape index (κ2) is 8.89. The minimum atomic E-state index is -0.231. The number of rotatable bonds is 5. The fraction of sp³-hybridized carbons (Fsp3) is 0.381. The van der Waals surface area contributed by atoms with E-state index in [-0.39, 0.29) is 41.1 Å². The maximum absolute atomic E-state index is 13.1. The van der Waals surface area contributed by atoms with E-state index < -0.39 is 0 Å². The van der Waals surface area contributed by atoms with Crippen molar-refractivity contribution in [2.24, 2.45) is 11.7 Å². The third kappa shape index (κ3) is 4.40. The van der Waals surface area contributed by atoms with Gasteiger partial charge in [0.2, 0.25) is 0 Å². The van der Waals surface area contributed by atoms with E-state index in [1.807, 2.05) is 0 Å². The summed E-state index contributed by atoms with van der Waals surface area (Å²) < 4.78 is 4.82. The Labute approximate surface area is 174 Å². The lowest BCUT2D eigenvalue weighted by molar-refractivity contribution is -0.146. The molecule has 30 heavy (non-hydrogen) atoms. The predicted octanol–water partition coefficient (Wildman–Crippen LogP) is 1.81. The van der Waals surface area contributed by atoms with Gasteiger partial charge in [0.25, 0.3) is 5.91 Å². The molecule has 158 valence electrons.